The van der Waals surface area contributed by atoms with Crippen molar-refractivity contribution in [1.82, 2.24) is 4.57 Å². The first-order chi connectivity index (χ1) is 20.2. The predicted molar refractivity (Wildman–Crippen MR) is 163 cm³/mol. The zero-order valence-corrected chi connectivity index (χ0v) is 25.4. The van der Waals surface area contributed by atoms with Crippen molar-refractivity contribution in [3.05, 3.63) is 135 Å². The molecule has 0 N–H and O–H groups in total. The SMILES string of the molecule is CCOC(=O)C1=C(C)N=c2s/c(=C/c3ccc(OCc4ccc([N+](=O)[O-])cc4)c(Br)c3)c(=O)n2[C@H]1c1ccc(C)cc1. The molecule has 0 fully saturated rings. The molecule has 0 amide bonds. The number of nitrogens with zero attached hydrogens (tertiary/aromatic N) is 3. The van der Waals surface area contributed by atoms with Gasteiger partial charge >= 0.3 is 5.97 Å². The molecule has 42 heavy (non-hydrogen) atoms. The predicted octanol–water partition coefficient (Wildman–Crippen LogP) is 5.36. The summed E-state index contributed by atoms with van der Waals surface area (Å²) in [4.78, 5) is 42.4. The van der Waals surface area contributed by atoms with Gasteiger partial charge in [0.2, 0.25) is 0 Å². The van der Waals surface area contributed by atoms with Gasteiger partial charge in [0.1, 0.15) is 12.4 Å². The van der Waals surface area contributed by atoms with Crippen LogP contribution in [0.1, 0.15) is 42.1 Å². The maximum Gasteiger partial charge on any atom is 0.338 e. The fraction of sp³-hybridized carbons (Fsp3) is 0.194. The number of non-ortho nitro benzene ring substituents is 1. The summed E-state index contributed by atoms with van der Waals surface area (Å²) in [5, 5.41) is 10.9. The number of halogens is 1. The van der Waals surface area contributed by atoms with Crippen molar-refractivity contribution in [1.29, 1.82) is 0 Å². The molecule has 214 valence electrons. The molecule has 1 atom stereocenters. The van der Waals surface area contributed by atoms with Gasteiger partial charge in [-0.05, 0) is 83.7 Å². The molecule has 4 aromatic rings. The molecule has 0 bridgehead atoms. The van der Waals surface area contributed by atoms with E-state index in [9.17, 15) is 19.7 Å². The van der Waals surface area contributed by atoms with Crippen LogP contribution in [0.25, 0.3) is 6.08 Å². The van der Waals surface area contributed by atoms with Gasteiger partial charge in [-0.2, -0.15) is 0 Å². The Labute approximate surface area is 253 Å². The number of hydrogen-bond donors (Lipinski definition) is 0. The summed E-state index contributed by atoms with van der Waals surface area (Å²) in [5.41, 5.74) is 4.04. The van der Waals surface area contributed by atoms with Gasteiger partial charge in [-0.25, -0.2) is 9.79 Å². The Hall–Kier alpha value is -4.35. The number of benzene rings is 3. The summed E-state index contributed by atoms with van der Waals surface area (Å²) in [5.74, 6) is 0.0906. The molecule has 1 aromatic heterocycles. The molecule has 0 saturated heterocycles. The minimum Gasteiger partial charge on any atom is -0.488 e. The topological polar surface area (TPSA) is 113 Å². The molecule has 1 aliphatic heterocycles. The van der Waals surface area contributed by atoms with E-state index in [1.54, 1.807) is 42.7 Å². The van der Waals surface area contributed by atoms with Crippen molar-refractivity contribution in [2.75, 3.05) is 6.61 Å². The highest BCUT2D eigenvalue weighted by molar-refractivity contribution is 9.10. The van der Waals surface area contributed by atoms with Crippen LogP contribution in [0.3, 0.4) is 0 Å². The molecule has 0 aliphatic carbocycles. The van der Waals surface area contributed by atoms with E-state index in [2.05, 4.69) is 20.9 Å². The number of carbonyl (C=O) groups is 1. The van der Waals surface area contributed by atoms with Gasteiger partial charge in [0, 0.05) is 12.1 Å². The van der Waals surface area contributed by atoms with Crippen LogP contribution in [0.4, 0.5) is 5.69 Å². The Morgan fingerprint density at radius 2 is 1.83 bits per heavy atom. The molecule has 1 aliphatic rings. The van der Waals surface area contributed by atoms with Gasteiger partial charge in [-0.3, -0.25) is 19.5 Å². The summed E-state index contributed by atoms with van der Waals surface area (Å²) in [7, 11) is 0. The van der Waals surface area contributed by atoms with Crippen LogP contribution in [0.5, 0.6) is 5.75 Å². The van der Waals surface area contributed by atoms with E-state index in [-0.39, 0.29) is 24.5 Å². The first kappa shape index (κ1) is 29.2. The standard InChI is InChI=1S/C31H26BrN3O6S/c1-4-40-30(37)27-19(3)33-31-34(28(27)22-10-5-18(2)6-11-22)29(36)26(42-31)16-21-9-14-25(24(32)15-21)41-17-20-7-12-23(13-8-20)35(38)39/h5-16,28H,4,17H2,1-3H3/b26-16+/t28-/m0/s1. The van der Waals surface area contributed by atoms with E-state index < -0.39 is 16.9 Å². The summed E-state index contributed by atoms with van der Waals surface area (Å²) in [6.07, 6.45) is 1.78. The number of thiazole rings is 1. The van der Waals surface area contributed by atoms with Crippen LogP contribution in [0.2, 0.25) is 0 Å². The maximum absolute atomic E-state index is 13.8. The number of rotatable bonds is 8. The first-order valence-electron chi connectivity index (χ1n) is 13.1. The smallest absolute Gasteiger partial charge is 0.338 e. The lowest BCUT2D eigenvalue weighted by molar-refractivity contribution is -0.384. The summed E-state index contributed by atoms with van der Waals surface area (Å²) in [6.45, 7) is 5.93. The number of allylic oxidation sites excluding steroid dienone is 1. The normalized spacial score (nSPS) is 14.8. The Balaban J connectivity index is 1.47. The average Bonchev–Trinajstić information content (AvgIpc) is 3.26. The third-order valence-electron chi connectivity index (χ3n) is 6.71. The number of esters is 1. The number of aryl methyl sites for hydroxylation is 1. The molecule has 0 saturated carbocycles. The number of aromatic nitrogens is 1. The first-order valence-corrected chi connectivity index (χ1v) is 14.7. The van der Waals surface area contributed by atoms with E-state index in [1.807, 2.05) is 43.3 Å². The van der Waals surface area contributed by atoms with E-state index in [4.69, 9.17) is 9.47 Å². The van der Waals surface area contributed by atoms with Gasteiger partial charge in [-0.15, -0.1) is 0 Å². The van der Waals surface area contributed by atoms with E-state index >= 15 is 0 Å². The third-order valence-corrected chi connectivity index (χ3v) is 8.31. The minimum absolute atomic E-state index is 0.0204. The molecule has 9 nitrogen and oxygen atoms in total. The van der Waals surface area contributed by atoms with Crippen LogP contribution < -0.4 is 19.6 Å². The van der Waals surface area contributed by atoms with Crippen molar-refractivity contribution >= 4 is 45.0 Å². The van der Waals surface area contributed by atoms with Crippen molar-refractivity contribution in [2.45, 2.75) is 33.4 Å². The van der Waals surface area contributed by atoms with E-state index in [0.29, 0.717) is 30.8 Å². The lowest BCUT2D eigenvalue weighted by Crippen LogP contribution is -2.39. The van der Waals surface area contributed by atoms with Crippen LogP contribution >= 0.6 is 27.3 Å². The van der Waals surface area contributed by atoms with Gasteiger partial charge in [0.25, 0.3) is 11.2 Å². The second-order valence-corrected chi connectivity index (χ2v) is 11.5. The zero-order valence-electron chi connectivity index (χ0n) is 23.0. The van der Waals surface area contributed by atoms with E-state index in [1.165, 1.54) is 23.5 Å². The fourth-order valence-corrected chi connectivity index (χ4v) is 6.16. The molecule has 0 radical (unpaired) electrons. The Morgan fingerprint density at radius 3 is 2.48 bits per heavy atom. The number of hydrogen-bond acceptors (Lipinski definition) is 8. The van der Waals surface area contributed by atoms with Crippen molar-refractivity contribution in [3.8, 4) is 5.75 Å². The van der Waals surface area contributed by atoms with Crippen LogP contribution in [0.15, 0.2) is 92.3 Å². The molecular weight excluding hydrogens is 622 g/mol. The van der Waals surface area contributed by atoms with Crippen LogP contribution in [-0.4, -0.2) is 22.1 Å². The van der Waals surface area contributed by atoms with Gasteiger partial charge in [0.15, 0.2) is 4.80 Å². The maximum atomic E-state index is 13.8. The highest BCUT2D eigenvalue weighted by Crippen LogP contribution is 2.31. The summed E-state index contributed by atoms with van der Waals surface area (Å²) >= 11 is 4.80. The zero-order chi connectivity index (χ0) is 30.0. The molecule has 5 rings (SSSR count). The number of nitro benzene ring substituents is 1. The Kier molecular flexibility index (Phi) is 8.51. The molecule has 11 heteroatoms. The highest BCUT2D eigenvalue weighted by atomic mass is 79.9. The lowest BCUT2D eigenvalue weighted by Gasteiger charge is -2.24. The third kappa shape index (κ3) is 5.97. The number of fused-ring (bicyclic) bond motifs is 1. The van der Waals surface area contributed by atoms with Gasteiger partial charge in [-0.1, -0.05) is 47.2 Å². The van der Waals surface area contributed by atoms with Crippen LogP contribution in [-0.2, 0) is 16.1 Å². The molecule has 2 heterocycles. The van der Waals surface area contributed by atoms with Crippen molar-refractivity contribution < 1.29 is 19.2 Å². The second kappa shape index (κ2) is 12.3. The summed E-state index contributed by atoms with van der Waals surface area (Å²) in [6, 6.07) is 18.7. The van der Waals surface area contributed by atoms with E-state index in [0.717, 1.165) is 22.3 Å². The quantitative estimate of drug-likeness (QED) is 0.145. The highest BCUT2D eigenvalue weighted by Gasteiger charge is 2.33. The lowest BCUT2D eigenvalue weighted by atomic mass is 9.95. The Bertz CT molecular complexity index is 1890. The molecule has 0 spiro atoms. The van der Waals surface area contributed by atoms with Gasteiger partial charge < -0.3 is 9.47 Å². The monoisotopic (exact) mass is 647 g/mol. The van der Waals surface area contributed by atoms with Gasteiger partial charge in [0.05, 0.1) is 37.8 Å². The average molecular weight is 649 g/mol. The van der Waals surface area contributed by atoms with Crippen molar-refractivity contribution in [3.63, 3.8) is 0 Å². The second-order valence-electron chi connectivity index (χ2n) is 9.62. The number of ether oxygens (including phenoxy) is 2. The Morgan fingerprint density at radius 1 is 1.12 bits per heavy atom. The molecule has 3 aromatic carbocycles. The molecule has 0 unspecified atom stereocenters. The number of nitro groups is 1. The molecular formula is C31H26BrN3O6S. The largest absolute Gasteiger partial charge is 0.488 e. The summed E-state index contributed by atoms with van der Waals surface area (Å²) < 4.78 is 14.0. The number of carbonyl (C=O) groups excluding carboxylic acids is 1. The minimum atomic E-state index is -0.662. The fourth-order valence-electron chi connectivity index (χ4n) is 4.61. The van der Waals surface area contributed by atoms with Crippen LogP contribution in [0, 0.1) is 17.0 Å². The van der Waals surface area contributed by atoms with Crippen molar-refractivity contribution in [2.24, 2.45) is 4.99 Å².